The molecular formula is C20H20ClFNO2-. The molecule has 0 amide bonds. The van der Waals surface area contributed by atoms with Gasteiger partial charge in [-0.1, -0.05) is 48.5 Å². The summed E-state index contributed by atoms with van der Waals surface area (Å²) in [6.45, 7) is 1.35. The summed E-state index contributed by atoms with van der Waals surface area (Å²) in [5.41, 5.74) is 1.54. The first-order valence-corrected chi connectivity index (χ1v) is 7.98. The number of rotatable bonds is 7. The largest absolute Gasteiger partial charge is 1.00 e. The van der Waals surface area contributed by atoms with Gasteiger partial charge in [-0.2, -0.15) is 0 Å². The highest BCUT2D eigenvalue weighted by Crippen LogP contribution is 2.29. The van der Waals surface area contributed by atoms with Crippen molar-refractivity contribution in [2.45, 2.75) is 13.2 Å². The van der Waals surface area contributed by atoms with Crippen molar-refractivity contribution in [3.05, 3.63) is 77.6 Å². The molecule has 5 heteroatoms. The average Bonchev–Trinajstić information content (AvgIpc) is 2.62. The van der Waals surface area contributed by atoms with E-state index in [1.165, 1.54) is 6.07 Å². The lowest BCUT2D eigenvalue weighted by molar-refractivity contribution is -0.00000680. The number of hydrogen-bond acceptors (Lipinski definition) is 3. The number of halogens is 2. The maximum Gasteiger partial charge on any atom is 0.129 e. The third-order valence-corrected chi connectivity index (χ3v) is 3.93. The number of benzene rings is 3. The standard InChI is InChI=1S/C20H20FNO2.ClH/c21-19-8-4-2-6-16(19)14-24-20-10-9-15-5-1-3-7-17(15)18(20)13-22-11-12-23;/h1-10,22-23H,11-14H2;1H/p-1. The van der Waals surface area contributed by atoms with Crippen LogP contribution in [0.1, 0.15) is 11.1 Å². The fourth-order valence-electron chi connectivity index (χ4n) is 2.70. The van der Waals surface area contributed by atoms with Crippen LogP contribution < -0.4 is 22.5 Å². The van der Waals surface area contributed by atoms with Crippen LogP contribution in [0.3, 0.4) is 0 Å². The van der Waals surface area contributed by atoms with Gasteiger partial charge in [-0.25, -0.2) is 4.39 Å². The molecule has 0 heterocycles. The van der Waals surface area contributed by atoms with E-state index in [0.717, 1.165) is 22.1 Å². The minimum atomic E-state index is -0.266. The van der Waals surface area contributed by atoms with Crippen molar-refractivity contribution in [1.82, 2.24) is 5.32 Å². The second-order valence-corrected chi connectivity index (χ2v) is 5.54. The van der Waals surface area contributed by atoms with Crippen LogP contribution in [0.2, 0.25) is 0 Å². The van der Waals surface area contributed by atoms with Gasteiger partial charge in [0.1, 0.15) is 18.2 Å². The Morgan fingerprint density at radius 3 is 2.52 bits per heavy atom. The Kier molecular flexibility index (Phi) is 7.19. The van der Waals surface area contributed by atoms with Crippen LogP contribution >= 0.6 is 0 Å². The molecule has 0 saturated heterocycles. The predicted molar refractivity (Wildman–Crippen MR) is 93.5 cm³/mol. The highest BCUT2D eigenvalue weighted by molar-refractivity contribution is 5.87. The van der Waals surface area contributed by atoms with E-state index in [2.05, 4.69) is 5.32 Å². The summed E-state index contributed by atoms with van der Waals surface area (Å²) in [6, 6.07) is 18.6. The normalized spacial score (nSPS) is 10.5. The van der Waals surface area contributed by atoms with Gasteiger partial charge in [-0.15, -0.1) is 0 Å². The molecule has 3 nitrogen and oxygen atoms in total. The van der Waals surface area contributed by atoms with E-state index in [-0.39, 0.29) is 31.4 Å². The molecule has 3 rings (SSSR count). The van der Waals surface area contributed by atoms with Gasteiger partial charge >= 0.3 is 0 Å². The van der Waals surface area contributed by atoms with Crippen LogP contribution in [0.25, 0.3) is 10.8 Å². The third kappa shape index (κ3) is 4.69. The number of fused-ring (bicyclic) bond motifs is 1. The lowest BCUT2D eigenvalue weighted by Gasteiger charge is -2.15. The van der Waals surface area contributed by atoms with E-state index in [9.17, 15) is 4.39 Å². The van der Waals surface area contributed by atoms with Crippen LogP contribution in [-0.2, 0) is 13.2 Å². The number of hydrogen-bond donors (Lipinski definition) is 2. The lowest BCUT2D eigenvalue weighted by Crippen LogP contribution is -3.00. The molecule has 2 N–H and O–H groups in total. The smallest absolute Gasteiger partial charge is 0.129 e. The van der Waals surface area contributed by atoms with E-state index < -0.39 is 0 Å². The minimum Gasteiger partial charge on any atom is -1.00 e. The topological polar surface area (TPSA) is 41.5 Å². The van der Waals surface area contributed by atoms with Crippen LogP contribution in [0.15, 0.2) is 60.7 Å². The van der Waals surface area contributed by atoms with Crippen molar-refractivity contribution in [1.29, 1.82) is 0 Å². The first kappa shape index (κ1) is 19.2. The Morgan fingerprint density at radius 2 is 1.72 bits per heavy atom. The van der Waals surface area contributed by atoms with Gasteiger partial charge in [0.15, 0.2) is 0 Å². The molecule has 3 aromatic carbocycles. The Morgan fingerprint density at radius 1 is 0.960 bits per heavy atom. The maximum absolute atomic E-state index is 13.8. The summed E-state index contributed by atoms with van der Waals surface area (Å²) < 4.78 is 19.7. The van der Waals surface area contributed by atoms with Crippen molar-refractivity contribution in [3.8, 4) is 5.75 Å². The van der Waals surface area contributed by atoms with E-state index in [4.69, 9.17) is 9.84 Å². The Bertz CT molecular complexity index is 826. The zero-order chi connectivity index (χ0) is 16.8. The Labute approximate surface area is 152 Å². The van der Waals surface area contributed by atoms with Crippen molar-refractivity contribution >= 4 is 10.8 Å². The van der Waals surface area contributed by atoms with E-state index in [1.807, 2.05) is 36.4 Å². The minimum absolute atomic E-state index is 0. The maximum atomic E-state index is 13.8. The highest BCUT2D eigenvalue weighted by atomic mass is 35.5. The first-order chi connectivity index (χ1) is 11.8. The average molecular weight is 361 g/mol. The summed E-state index contributed by atoms with van der Waals surface area (Å²) in [5, 5.41) is 14.4. The molecule has 0 bridgehead atoms. The van der Waals surface area contributed by atoms with Gasteiger partial charge in [0, 0.05) is 24.2 Å². The molecule has 0 fully saturated rings. The van der Waals surface area contributed by atoms with Crippen LogP contribution in [0.5, 0.6) is 5.75 Å². The van der Waals surface area contributed by atoms with Crippen molar-refractivity contribution in [3.63, 3.8) is 0 Å². The molecule has 0 saturated carbocycles. The number of aliphatic hydroxyl groups excluding tert-OH is 1. The molecule has 3 aromatic rings. The molecule has 0 aromatic heterocycles. The molecule has 0 aliphatic rings. The molecule has 25 heavy (non-hydrogen) atoms. The van der Waals surface area contributed by atoms with Gasteiger partial charge in [0.2, 0.25) is 0 Å². The van der Waals surface area contributed by atoms with Gasteiger partial charge < -0.3 is 27.6 Å². The summed E-state index contributed by atoms with van der Waals surface area (Å²) in [6.07, 6.45) is 0. The van der Waals surface area contributed by atoms with Crippen molar-refractivity contribution < 1.29 is 26.6 Å². The molecule has 132 valence electrons. The van der Waals surface area contributed by atoms with Crippen molar-refractivity contribution in [2.75, 3.05) is 13.2 Å². The summed E-state index contributed by atoms with van der Waals surface area (Å²) in [4.78, 5) is 0. The van der Waals surface area contributed by atoms with Gasteiger partial charge in [-0.3, -0.25) is 0 Å². The quantitative estimate of drug-likeness (QED) is 0.608. The summed E-state index contributed by atoms with van der Waals surface area (Å²) in [5.74, 6) is 0.459. The van der Waals surface area contributed by atoms with Gasteiger partial charge in [0.25, 0.3) is 0 Å². The van der Waals surface area contributed by atoms with Crippen LogP contribution in [0.4, 0.5) is 4.39 Å². The summed E-state index contributed by atoms with van der Waals surface area (Å²) in [7, 11) is 0. The second-order valence-electron chi connectivity index (χ2n) is 5.54. The number of aliphatic hydroxyl groups is 1. The van der Waals surface area contributed by atoms with E-state index in [1.54, 1.807) is 18.2 Å². The van der Waals surface area contributed by atoms with Crippen LogP contribution in [-0.4, -0.2) is 18.3 Å². The third-order valence-electron chi connectivity index (χ3n) is 3.93. The lowest BCUT2D eigenvalue weighted by atomic mass is 10.0. The predicted octanol–water partition coefficient (Wildman–Crippen LogP) is 0.644. The van der Waals surface area contributed by atoms with Crippen molar-refractivity contribution in [2.24, 2.45) is 0 Å². The molecule has 0 aliphatic heterocycles. The van der Waals surface area contributed by atoms with E-state index >= 15 is 0 Å². The van der Waals surface area contributed by atoms with Gasteiger partial charge in [0.05, 0.1) is 6.61 Å². The first-order valence-electron chi connectivity index (χ1n) is 7.98. The molecule has 0 radical (unpaired) electrons. The highest BCUT2D eigenvalue weighted by Gasteiger charge is 2.10. The van der Waals surface area contributed by atoms with Crippen LogP contribution in [0, 0.1) is 5.82 Å². The molecular weight excluding hydrogens is 341 g/mol. The molecule has 0 spiro atoms. The zero-order valence-electron chi connectivity index (χ0n) is 13.7. The fraction of sp³-hybridized carbons (Fsp3) is 0.200. The van der Waals surface area contributed by atoms with Gasteiger partial charge in [-0.05, 0) is 22.9 Å². The molecule has 0 atom stereocenters. The number of nitrogens with one attached hydrogen (secondary N) is 1. The van der Waals surface area contributed by atoms with E-state index in [0.29, 0.717) is 18.7 Å². The zero-order valence-corrected chi connectivity index (χ0v) is 14.5. The summed E-state index contributed by atoms with van der Waals surface area (Å²) >= 11 is 0. The molecule has 0 unspecified atom stereocenters. The monoisotopic (exact) mass is 360 g/mol. The SMILES string of the molecule is OCCNCc1c(OCc2ccccc2F)ccc2ccccc12.[Cl-]. The molecule has 0 aliphatic carbocycles. The second kappa shape index (κ2) is 9.37. The Balaban J connectivity index is 0.00000225. The number of ether oxygens (including phenoxy) is 1. The fourth-order valence-corrected chi connectivity index (χ4v) is 2.70. The Hall–Kier alpha value is -2.14.